The highest BCUT2D eigenvalue weighted by Crippen LogP contribution is 2.43. The standard InChI is InChI=1S/C59H58N2O4/c1-3-57(4-2,55(62)60-41-58(64,39-43-23-9-5-10-24-43)53(47-29-13-7-14-30-47)51-37-21-33-45-27-17-19-35-49(45)51)56(63)61-42-59(65,40-44-25-11-6-12-26-44)54(48-31-15-8-16-32-48)52-38-22-34-46-28-18-20-36-50(46)52/h5-38,53-54,64-65H,3-4,39-42H2,1-2H3,(H,60,62)(H,61,63). The summed E-state index contributed by atoms with van der Waals surface area (Å²) in [5.74, 6) is -2.06. The first-order chi connectivity index (χ1) is 31.7. The molecule has 8 aromatic rings. The lowest BCUT2D eigenvalue weighted by molar-refractivity contribution is -0.146. The molecule has 4 atom stereocenters. The van der Waals surface area contributed by atoms with E-state index < -0.39 is 40.3 Å². The van der Waals surface area contributed by atoms with E-state index in [0.717, 1.165) is 54.9 Å². The van der Waals surface area contributed by atoms with E-state index in [1.807, 2.05) is 172 Å². The van der Waals surface area contributed by atoms with Crippen molar-refractivity contribution in [3.8, 4) is 0 Å². The van der Waals surface area contributed by atoms with Crippen molar-refractivity contribution >= 4 is 33.4 Å². The number of hydrogen-bond donors (Lipinski definition) is 4. The molecule has 2 amide bonds. The second-order valence-corrected chi connectivity index (χ2v) is 17.5. The van der Waals surface area contributed by atoms with Gasteiger partial charge in [0.25, 0.3) is 0 Å². The van der Waals surface area contributed by atoms with Gasteiger partial charge in [-0.2, -0.15) is 0 Å². The average Bonchev–Trinajstić information content (AvgIpc) is 3.35. The van der Waals surface area contributed by atoms with Crippen LogP contribution in [0.2, 0.25) is 0 Å². The van der Waals surface area contributed by atoms with Gasteiger partial charge in [-0.3, -0.25) is 9.59 Å². The van der Waals surface area contributed by atoms with Crippen molar-refractivity contribution in [2.45, 2.75) is 62.6 Å². The van der Waals surface area contributed by atoms with Crippen LogP contribution < -0.4 is 10.6 Å². The van der Waals surface area contributed by atoms with Gasteiger partial charge in [0.1, 0.15) is 5.41 Å². The zero-order chi connectivity index (χ0) is 45.3. The summed E-state index contributed by atoms with van der Waals surface area (Å²) in [6.07, 6.45) is 0.865. The molecule has 0 radical (unpaired) electrons. The largest absolute Gasteiger partial charge is 0.387 e. The second-order valence-electron chi connectivity index (χ2n) is 17.5. The van der Waals surface area contributed by atoms with Gasteiger partial charge in [0, 0.05) is 37.8 Å². The van der Waals surface area contributed by atoms with Crippen LogP contribution in [0.5, 0.6) is 0 Å². The van der Waals surface area contributed by atoms with Crippen molar-refractivity contribution in [1.82, 2.24) is 10.6 Å². The van der Waals surface area contributed by atoms with Gasteiger partial charge in [-0.1, -0.05) is 220 Å². The smallest absolute Gasteiger partial charge is 0.235 e. The fourth-order valence-electron chi connectivity index (χ4n) is 10.1. The van der Waals surface area contributed by atoms with Gasteiger partial charge in [-0.05, 0) is 67.8 Å². The van der Waals surface area contributed by atoms with Gasteiger partial charge in [0.2, 0.25) is 11.8 Å². The highest BCUT2D eigenvalue weighted by Gasteiger charge is 2.47. The zero-order valence-corrected chi connectivity index (χ0v) is 37.2. The van der Waals surface area contributed by atoms with E-state index in [1.165, 1.54) is 0 Å². The van der Waals surface area contributed by atoms with Crippen LogP contribution in [0.25, 0.3) is 21.5 Å². The van der Waals surface area contributed by atoms with Crippen molar-refractivity contribution in [2.75, 3.05) is 13.1 Å². The molecule has 0 saturated carbocycles. The topological polar surface area (TPSA) is 98.7 Å². The van der Waals surface area contributed by atoms with Gasteiger partial charge in [-0.25, -0.2) is 0 Å². The number of carbonyl (C=O) groups is 2. The first-order valence-electron chi connectivity index (χ1n) is 22.8. The van der Waals surface area contributed by atoms with Gasteiger partial charge in [0.15, 0.2) is 0 Å². The molecule has 4 unspecified atom stereocenters. The summed E-state index contributed by atoms with van der Waals surface area (Å²) in [5.41, 5.74) is 0.932. The molecule has 0 saturated heterocycles. The Morgan fingerprint density at radius 2 is 0.754 bits per heavy atom. The molecular formula is C59H58N2O4. The molecule has 0 aliphatic rings. The van der Waals surface area contributed by atoms with Crippen molar-refractivity contribution in [3.05, 3.63) is 240 Å². The molecule has 6 nitrogen and oxygen atoms in total. The molecule has 328 valence electrons. The third-order valence-corrected chi connectivity index (χ3v) is 13.5. The van der Waals surface area contributed by atoms with Gasteiger partial charge < -0.3 is 20.8 Å². The minimum Gasteiger partial charge on any atom is -0.387 e. The normalized spacial score (nSPS) is 14.5. The van der Waals surface area contributed by atoms with Crippen molar-refractivity contribution in [1.29, 1.82) is 0 Å². The third-order valence-electron chi connectivity index (χ3n) is 13.5. The lowest BCUT2D eigenvalue weighted by atomic mass is 9.72. The average molecular weight is 859 g/mol. The number of carbonyl (C=O) groups excluding carboxylic acids is 2. The molecule has 8 aromatic carbocycles. The number of nitrogens with one attached hydrogen (secondary N) is 2. The Balaban J connectivity index is 1.14. The van der Waals surface area contributed by atoms with E-state index in [2.05, 4.69) is 59.2 Å². The number of aliphatic hydroxyl groups is 2. The molecule has 6 heteroatoms. The van der Waals surface area contributed by atoms with Crippen LogP contribution in [-0.2, 0) is 22.4 Å². The number of hydrogen-bond acceptors (Lipinski definition) is 4. The van der Waals surface area contributed by atoms with E-state index >= 15 is 0 Å². The van der Waals surface area contributed by atoms with Gasteiger partial charge in [0.05, 0.1) is 11.2 Å². The van der Waals surface area contributed by atoms with E-state index in [0.29, 0.717) is 0 Å². The quantitative estimate of drug-likeness (QED) is 0.0646. The Morgan fingerprint density at radius 3 is 1.12 bits per heavy atom. The summed E-state index contributed by atoms with van der Waals surface area (Å²) in [5, 5.41) is 37.1. The lowest BCUT2D eigenvalue weighted by Crippen LogP contribution is -2.58. The summed E-state index contributed by atoms with van der Waals surface area (Å²) in [6.45, 7) is 3.43. The number of fused-ring (bicyclic) bond motifs is 2. The first-order valence-corrected chi connectivity index (χ1v) is 22.8. The lowest BCUT2D eigenvalue weighted by Gasteiger charge is -2.40. The summed E-state index contributed by atoms with van der Waals surface area (Å²) in [6, 6.07) is 68.2. The summed E-state index contributed by atoms with van der Waals surface area (Å²) in [7, 11) is 0. The Bertz CT molecular complexity index is 2630. The molecule has 0 aromatic heterocycles. The maximum atomic E-state index is 15.0. The van der Waals surface area contributed by atoms with Gasteiger partial charge in [-0.15, -0.1) is 0 Å². The number of rotatable bonds is 18. The van der Waals surface area contributed by atoms with E-state index in [4.69, 9.17) is 0 Å². The van der Waals surface area contributed by atoms with Crippen LogP contribution in [0, 0.1) is 5.41 Å². The minimum absolute atomic E-state index is 0.131. The minimum atomic E-state index is -1.54. The fraction of sp³-hybridized carbons (Fsp3) is 0.220. The SMILES string of the molecule is CCC(CC)(C(=O)NCC(O)(Cc1ccccc1)C(c1ccccc1)c1cccc2ccccc12)C(=O)NCC(O)(Cc1ccccc1)C(c1ccccc1)c1cccc2ccccc12. The Labute approximate surface area is 383 Å². The highest BCUT2D eigenvalue weighted by atomic mass is 16.3. The molecule has 0 fully saturated rings. The van der Waals surface area contributed by atoms with E-state index in [1.54, 1.807) is 0 Å². The van der Waals surface area contributed by atoms with Crippen LogP contribution in [-0.4, -0.2) is 46.3 Å². The molecular weight excluding hydrogens is 801 g/mol. The molecule has 0 bridgehead atoms. The monoisotopic (exact) mass is 858 g/mol. The Morgan fingerprint density at radius 1 is 0.431 bits per heavy atom. The molecule has 65 heavy (non-hydrogen) atoms. The molecule has 0 aliphatic heterocycles. The molecule has 0 aliphatic carbocycles. The highest BCUT2D eigenvalue weighted by molar-refractivity contribution is 6.05. The van der Waals surface area contributed by atoms with E-state index in [9.17, 15) is 19.8 Å². The summed E-state index contributed by atoms with van der Waals surface area (Å²) >= 11 is 0. The maximum Gasteiger partial charge on any atom is 0.235 e. The second kappa shape index (κ2) is 19.9. The molecule has 8 rings (SSSR count). The van der Waals surface area contributed by atoms with Crippen LogP contribution >= 0.6 is 0 Å². The van der Waals surface area contributed by atoms with Crippen molar-refractivity contribution in [3.63, 3.8) is 0 Å². The molecule has 4 N–H and O–H groups in total. The van der Waals surface area contributed by atoms with Crippen molar-refractivity contribution < 1.29 is 19.8 Å². The Kier molecular flexibility index (Phi) is 13.7. The first kappa shape index (κ1) is 44.7. The summed E-state index contributed by atoms with van der Waals surface area (Å²) in [4.78, 5) is 29.9. The van der Waals surface area contributed by atoms with Crippen LogP contribution in [0.1, 0.15) is 71.9 Å². The third kappa shape index (κ3) is 9.51. The predicted octanol–water partition coefficient (Wildman–Crippen LogP) is 10.9. The van der Waals surface area contributed by atoms with Crippen LogP contribution in [0.3, 0.4) is 0 Å². The Hall–Kier alpha value is -6.86. The number of amides is 2. The summed E-state index contributed by atoms with van der Waals surface area (Å²) < 4.78 is 0. The maximum absolute atomic E-state index is 15.0. The van der Waals surface area contributed by atoms with Crippen molar-refractivity contribution in [2.24, 2.45) is 5.41 Å². The van der Waals surface area contributed by atoms with E-state index in [-0.39, 0.29) is 38.8 Å². The molecule has 0 spiro atoms. The fourth-order valence-corrected chi connectivity index (χ4v) is 10.1. The van der Waals surface area contributed by atoms with Gasteiger partial charge >= 0.3 is 0 Å². The zero-order valence-electron chi connectivity index (χ0n) is 37.2. The van der Waals surface area contributed by atoms with Crippen LogP contribution in [0.15, 0.2) is 206 Å². The molecule has 0 heterocycles. The van der Waals surface area contributed by atoms with Crippen LogP contribution in [0.4, 0.5) is 0 Å². The number of benzene rings is 8. The predicted molar refractivity (Wildman–Crippen MR) is 264 cm³/mol.